The van der Waals surface area contributed by atoms with Gasteiger partial charge in [0.05, 0.1) is 12.8 Å². The highest BCUT2D eigenvalue weighted by Crippen LogP contribution is 1.97. The van der Waals surface area contributed by atoms with Crippen LogP contribution in [0.15, 0.2) is 11.9 Å². The molecule has 2 N–H and O–H groups in total. The molecule has 17 heavy (non-hydrogen) atoms. The molecule has 1 aliphatic rings. The topological polar surface area (TPSA) is 95.4 Å². The van der Waals surface area contributed by atoms with E-state index in [4.69, 9.17) is 4.74 Å². The Morgan fingerprint density at radius 3 is 2.94 bits per heavy atom. The van der Waals surface area contributed by atoms with Crippen LogP contribution in [0.2, 0.25) is 0 Å². The molecule has 2 amide bonds. The molecule has 96 valence electrons. The molecule has 1 aliphatic heterocycles. The van der Waals surface area contributed by atoms with Gasteiger partial charge < -0.3 is 14.7 Å². The van der Waals surface area contributed by atoms with Gasteiger partial charge in [-0.25, -0.2) is 9.97 Å². The fraction of sp³-hybridized carbons (Fsp3) is 0.556. The zero-order chi connectivity index (χ0) is 12.8. The highest BCUT2D eigenvalue weighted by Gasteiger charge is 2.21. The molecule has 0 fully saturated rings. The van der Waals surface area contributed by atoms with Crippen molar-refractivity contribution in [1.29, 1.82) is 0 Å². The Morgan fingerprint density at radius 1 is 1.59 bits per heavy atom. The third-order valence-electron chi connectivity index (χ3n) is 1.95. The molecule has 1 unspecified atom stereocenters. The molecule has 0 aromatic rings. The van der Waals surface area contributed by atoms with E-state index in [9.17, 15) is 14.8 Å². The summed E-state index contributed by atoms with van der Waals surface area (Å²) in [6.45, 7) is 3.21. The van der Waals surface area contributed by atoms with Gasteiger partial charge >= 0.3 is 12.0 Å². The summed E-state index contributed by atoms with van der Waals surface area (Å²) in [6.07, 6.45) is 1.41. The summed E-state index contributed by atoms with van der Waals surface area (Å²) in [5.74, 6) is -0.384. The number of nitrogens with zero attached hydrogens (tertiary/aromatic N) is 1. The van der Waals surface area contributed by atoms with E-state index in [1.807, 2.05) is 0 Å². The van der Waals surface area contributed by atoms with Crippen molar-refractivity contribution in [3.63, 3.8) is 0 Å². The number of carbonyl (C=O) groups excluding carboxylic acids is 2. The minimum absolute atomic E-state index is 0.00226. The lowest BCUT2D eigenvalue weighted by Gasteiger charge is -2.30. The molecule has 0 bridgehead atoms. The molecule has 1 rings (SSSR count). The summed E-state index contributed by atoms with van der Waals surface area (Å²) in [5.41, 5.74) is 2.58. The quantitative estimate of drug-likeness (QED) is 0.357. The number of rotatable bonds is 5. The van der Waals surface area contributed by atoms with Gasteiger partial charge in [0.15, 0.2) is 0 Å². The molecule has 0 aliphatic carbocycles. The van der Waals surface area contributed by atoms with Crippen molar-refractivity contribution >= 4 is 12.0 Å². The maximum Gasteiger partial charge on any atom is 0.368 e. The van der Waals surface area contributed by atoms with Crippen molar-refractivity contribution in [2.45, 2.75) is 13.8 Å². The summed E-state index contributed by atoms with van der Waals surface area (Å²) < 4.78 is 9.75. The van der Waals surface area contributed by atoms with E-state index < -0.39 is 11.2 Å². The molecular weight excluding hydrogens is 230 g/mol. The van der Waals surface area contributed by atoms with Crippen molar-refractivity contribution < 1.29 is 24.2 Å². The Bertz CT molecular complexity index is 331. The minimum atomic E-state index is -0.534. The SMILES string of the molecule is CC(=O)OCCOCN1C=C(C)[NH+]([O-])NC1=O. The van der Waals surface area contributed by atoms with Crippen molar-refractivity contribution in [2.24, 2.45) is 0 Å². The fourth-order valence-corrected chi connectivity index (χ4v) is 1.12. The summed E-state index contributed by atoms with van der Waals surface area (Å²) in [4.78, 5) is 23.0. The molecule has 8 heteroatoms. The van der Waals surface area contributed by atoms with Crippen LogP contribution in [0.4, 0.5) is 4.79 Å². The molecule has 8 nitrogen and oxygen atoms in total. The van der Waals surface area contributed by atoms with Crippen molar-refractivity contribution in [2.75, 3.05) is 19.9 Å². The third kappa shape index (κ3) is 4.39. The number of nitrogens with one attached hydrogen (secondary N) is 2. The lowest BCUT2D eigenvalue weighted by Crippen LogP contribution is -3.14. The van der Waals surface area contributed by atoms with E-state index in [2.05, 4.69) is 10.2 Å². The summed E-state index contributed by atoms with van der Waals surface area (Å²) in [6, 6.07) is -0.534. The number of hydroxylamine groups is 1. The minimum Gasteiger partial charge on any atom is -0.603 e. The van der Waals surface area contributed by atoms with E-state index in [0.29, 0.717) is 5.70 Å². The van der Waals surface area contributed by atoms with Crippen LogP contribution in [0.5, 0.6) is 0 Å². The lowest BCUT2D eigenvalue weighted by atomic mass is 10.5. The van der Waals surface area contributed by atoms with Gasteiger partial charge in [-0.3, -0.25) is 9.69 Å². The number of ether oxygens (including phenoxy) is 2. The van der Waals surface area contributed by atoms with Gasteiger partial charge in [0.2, 0.25) is 0 Å². The Balaban J connectivity index is 2.27. The number of hydrogen-bond acceptors (Lipinski definition) is 5. The molecule has 0 aromatic carbocycles. The van der Waals surface area contributed by atoms with Gasteiger partial charge in [-0.05, 0) is 0 Å². The van der Waals surface area contributed by atoms with Crippen LogP contribution in [0.25, 0.3) is 0 Å². The van der Waals surface area contributed by atoms with Gasteiger partial charge in [-0.1, -0.05) is 0 Å². The van der Waals surface area contributed by atoms with E-state index >= 15 is 0 Å². The van der Waals surface area contributed by atoms with Crippen molar-refractivity contribution in [1.82, 2.24) is 10.3 Å². The van der Waals surface area contributed by atoms with Gasteiger partial charge in [0.25, 0.3) is 0 Å². The molecule has 1 heterocycles. The van der Waals surface area contributed by atoms with Crippen LogP contribution in [-0.4, -0.2) is 36.8 Å². The number of allylic oxidation sites excluding steroid dienone is 1. The van der Waals surface area contributed by atoms with Crippen LogP contribution in [-0.2, 0) is 14.3 Å². The summed E-state index contributed by atoms with van der Waals surface area (Å²) >= 11 is 0. The Morgan fingerprint density at radius 2 is 2.29 bits per heavy atom. The second-order valence-corrected chi connectivity index (χ2v) is 3.42. The van der Waals surface area contributed by atoms with Gasteiger partial charge in [-0.2, -0.15) is 5.43 Å². The van der Waals surface area contributed by atoms with Crippen LogP contribution in [0, 0.1) is 5.21 Å². The monoisotopic (exact) mass is 245 g/mol. The van der Waals surface area contributed by atoms with E-state index in [0.717, 1.165) is 0 Å². The highest BCUT2D eigenvalue weighted by molar-refractivity contribution is 5.74. The van der Waals surface area contributed by atoms with Gasteiger partial charge in [-0.15, -0.1) is 0 Å². The third-order valence-corrected chi connectivity index (χ3v) is 1.95. The van der Waals surface area contributed by atoms with Crippen LogP contribution in [0.1, 0.15) is 13.8 Å². The number of esters is 1. The predicted octanol–water partition coefficient (Wildman–Crippen LogP) is -1.29. The maximum atomic E-state index is 11.3. The van der Waals surface area contributed by atoms with E-state index in [1.54, 1.807) is 6.92 Å². The van der Waals surface area contributed by atoms with Gasteiger partial charge in [0, 0.05) is 13.8 Å². The first-order valence-electron chi connectivity index (χ1n) is 5.02. The fourth-order valence-electron chi connectivity index (χ4n) is 1.12. The number of quaternary nitrogens is 1. The first-order valence-corrected chi connectivity index (χ1v) is 5.02. The second kappa shape index (κ2) is 6.18. The largest absolute Gasteiger partial charge is 0.603 e. The van der Waals surface area contributed by atoms with E-state index in [1.165, 1.54) is 18.0 Å². The zero-order valence-corrected chi connectivity index (χ0v) is 9.69. The molecule has 0 saturated heterocycles. The molecular formula is C9H15N3O5. The standard InChI is InChI=1S/C9H15N3O5/c1-7-5-11(9(14)10-12(7)15)6-16-3-4-17-8(2)13/h5,12H,3-4,6H2,1-2H3,(H,10,14). The Kier molecular flexibility index (Phi) is 4.88. The predicted molar refractivity (Wildman–Crippen MR) is 55.9 cm³/mol. The van der Waals surface area contributed by atoms with Crippen LogP contribution >= 0.6 is 0 Å². The highest BCUT2D eigenvalue weighted by atomic mass is 16.6. The van der Waals surface area contributed by atoms with Crippen molar-refractivity contribution in [3.8, 4) is 0 Å². The molecule has 0 spiro atoms. The molecule has 0 saturated carbocycles. The lowest BCUT2D eigenvalue weighted by molar-refractivity contribution is -0.848. The second-order valence-electron chi connectivity index (χ2n) is 3.42. The zero-order valence-electron chi connectivity index (χ0n) is 9.69. The number of carbonyl (C=O) groups is 2. The first kappa shape index (κ1) is 13.4. The summed E-state index contributed by atoms with van der Waals surface area (Å²) in [5, 5.41) is 10.7. The average Bonchev–Trinajstić information content (AvgIpc) is 2.24. The first-order chi connectivity index (χ1) is 8.00. The maximum absolute atomic E-state index is 11.3. The Labute approximate surface area is 98.3 Å². The molecule has 0 radical (unpaired) electrons. The smallest absolute Gasteiger partial charge is 0.368 e. The average molecular weight is 245 g/mol. The van der Waals surface area contributed by atoms with E-state index in [-0.39, 0.29) is 25.9 Å². The summed E-state index contributed by atoms with van der Waals surface area (Å²) in [7, 11) is 0. The number of hydrogen-bond donors (Lipinski definition) is 2. The van der Waals surface area contributed by atoms with Crippen molar-refractivity contribution in [3.05, 3.63) is 17.1 Å². The number of amides is 2. The van der Waals surface area contributed by atoms with Crippen LogP contribution in [0.3, 0.4) is 0 Å². The van der Waals surface area contributed by atoms with Crippen LogP contribution < -0.4 is 10.6 Å². The molecule has 0 aromatic heterocycles. The molecule has 1 atom stereocenters. The van der Waals surface area contributed by atoms with Gasteiger partial charge in [0.1, 0.15) is 19.0 Å². The Hall–Kier alpha value is -1.64. The number of urea groups is 1. The normalized spacial score (nSPS) is 19.7.